The van der Waals surface area contributed by atoms with Gasteiger partial charge in [0.2, 0.25) is 20.9 Å². The summed E-state index contributed by atoms with van der Waals surface area (Å²) in [7, 11) is -6.23. The van der Waals surface area contributed by atoms with E-state index in [1.54, 1.807) is 29.2 Å². The number of sulfone groups is 1. The third-order valence-corrected chi connectivity index (χ3v) is 9.87. The van der Waals surface area contributed by atoms with Gasteiger partial charge in [-0.15, -0.1) is 11.3 Å². The first-order valence-electron chi connectivity index (χ1n) is 10.4. The van der Waals surface area contributed by atoms with Gasteiger partial charge in [-0.3, -0.25) is 4.79 Å². The Kier molecular flexibility index (Phi) is 6.74. The fourth-order valence-corrected chi connectivity index (χ4v) is 7.06. The second-order valence-electron chi connectivity index (χ2n) is 8.01. The van der Waals surface area contributed by atoms with Gasteiger partial charge in [0, 0.05) is 32.6 Å². The number of benzene rings is 1. The molecule has 3 aromatic rings. The normalized spacial score (nSPS) is 16.6. The van der Waals surface area contributed by atoms with Crippen LogP contribution < -0.4 is 0 Å². The molecule has 1 aliphatic heterocycles. The average molecular weight is 532 g/mol. The van der Waals surface area contributed by atoms with Crippen molar-refractivity contribution in [2.75, 3.05) is 19.8 Å². The van der Waals surface area contributed by atoms with Gasteiger partial charge in [0.1, 0.15) is 10.3 Å². The quantitative estimate of drug-likeness (QED) is 0.421. The van der Waals surface area contributed by atoms with Crippen molar-refractivity contribution >= 4 is 37.1 Å². The molecule has 0 spiro atoms. The van der Waals surface area contributed by atoms with E-state index in [2.05, 4.69) is 16.0 Å². The monoisotopic (exact) mass is 531 g/mol. The van der Waals surface area contributed by atoms with E-state index in [0.717, 1.165) is 27.5 Å². The maximum atomic E-state index is 13.3. The lowest BCUT2D eigenvalue weighted by molar-refractivity contribution is -0.131. The summed E-state index contributed by atoms with van der Waals surface area (Å²) in [6.07, 6.45) is 2.64. The van der Waals surface area contributed by atoms with Crippen molar-refractivity contribution in [1.29, 1.82) is 5.26 Å². The highest BCUT2D eigenvalue weighted by molar-refractivity contribution is 7.91. The molecule has 13 heteroatoms. The Bertz CT molecular complexity index is 1540. The molecule has 3 heterocycles. The highest BCUT2D eigenvalue weighted by atomic mass is 32.2. The Balaban J connectivity index is 1.52. The number of carbonyl (C=O) groups is 1. The molecule has 35 heavy (non-hydrogen) atoms. The molecule has 1 fully saturated rings. The summed E-state index contributed by atoms with van der Waals surface area (Å²) in [6, 6.07) is 12.6. The SMILES string of the molecule is CN([C@H]1CCN(Cc2cccc(C#N)c2)C1=O)S(=O)(=O)c1ccc(-c2ccnc(S(C)(=O)=O)n2)s1. The number of nitriles is 1. The van der Waals surface area contributed by atoms with Gasteiger partial charge in [0.05, 0.1) is 22.2 Å². The summed E-state index contributed by atoms with van der Waals surface area (Å²) < 4.78 is 51.2. The van der Waals surface area contributed by atoms with Gasteiger partial charge < -0.3 is 4.90 Å². The van der Waals surface area contributed by atoms with Crippen molar-refractivity contribution in [1.82, 2.24) is 19.2 Å². The molecule has 1 aliphatic rings. The van der Waals surface area contributed by atoms with Gasteiger partial charge >= 0.3 is 0 Å². The van der Waals surface area contributed by atoms with Crippen molar-refractivity contribution in [3.8, 4) is 16.6 Å². The molecule has 10 nitrogen and oxygen atoms in total. The third-order valence-electron chi connectivity index (χ3n) is 5.57. The van der Waals surface area contributed by atoms with Crippen LogP contribution in [0.4, 0.5) is 0 Å². The molecular formula is C22H21N5O5S3. The Morgan fingerprint density at radius 1 is 1.20 bits per heavy atom. The maximum absolute atomic E-state index is 13.3. The van der Waals surface area contributed by atoms with E-state index in [1.165, 1.54) is 25.4 Å². The number of carbonyl (C=O) groups excluding carboxylic acids is 1. The molecule has 4 rings (SSSR count). The summed E-state index contributed by atoms with van der Waals surface area (Å²) in [5, 5.41) is 8.73. The van der Waals surface area contributed by atoms with Gasteiger partial charge in [0.15, 0.2) is 0 Å². The lowest BCUT2D eigenvalue weighted by Crippen LogP contribution is -2.42. The Morgan fingerprint density at radius 3 is 2.69 bits per heavy atom. The molecule has 1 aromatic carbocycles. The second kappa shape index (κ2) is 9.46. The van der Waals surface area contributed by atoms with Crippen LogP contribution in [0, 0.1) is 11.3 Å². The van der Waals surface area contributed by atoms with Crippen molar-refractivity contribution in [2.24, 2.45) is 0 Å². The highest BCUT2D eigenvalue weighted by Gasteiger charge is 2.40. The van der Waals surface area contributed by atoms with E-state index in [4.69, 9.17) is 5.26 Å². The van der Waals surface area contributed by atoms with Gasteiger partial charge in [-0.2, -0.15) is 9.57 Å². The average Bonchev–Trinajstić information content (AvgIpc) is 3.46. The molecule has 0 unspecified atom stereocenters. The fourth-order valence-electron chi connectivity index (χ4n) is 3.74. The summed E-state index contributed by atoms with van der Waals surface area (Å²) >= 11 is 0.938. The first-order valence-corrected chi connectivity index (χ1v) is 14.5. The minimum Gasteiger partial charge on any atom is -0.337 e. The molecule has 0 bridgehead atoms. The van der Waals surface area contributed by atoms with E-state index in [1.807, 2.05) is 6.07 Å². The number of amides is 1. The van der Waals surface area contributed by atoms with Crippen molar-refractivity contribution < 1.29 is 21.6 Å². The van der Waals surface area contributed by atoms with Crippen LogP contribution in [0.5, 0.6) is 0 Å². The number of hydrogen-bond donors (Lipinski definition) is 0. The van der Waals surface area contributed by atoms with Gasteiger partial charge in [-0.1, -0.05) is 12.1 Å². The second-order valence-corrected chi connectivity index (χ2v) is 13.2. The summed E-state index contributed by atoms with van der Waals surface area (Å²) in [4.78, 5) is 22.8. The number of sulfonamides is 1. The third kappa shape index (κ3) is 5.10. The Morgan fingerprint density at radius 2 is 1.97 bits per heavy atom. The van der Waals surface area contributed by atoms with Gasteiger partial charge in [-0.25, -0.2) is 26.8 Å². The van der Waals surface area contributed by atoms with Crippen molar-refractivity contribution in [3.63, 3.8) is 0 Å². The predicted molar refractivity (Wildman–Crippen MR) is 128 cm³/mol. The Hall–Kier alpha value is -3.18. The van der Waals surface area contributed by atoms with Crippen molar-refractivity contribution in [3.05, 3.63) is 59.8 Å². The molecule has 0 radical (unpaired) electrons. The van der Waals surface area contributed by atoms with E-state index in [9.17, 15) is 21.6 Å². The number of thiophene rings is 1. The zero-order valence-electron chi connectivity index (χ0n) is 18.8. The minimum absolute atomic E-state index is 0.0162. The minimum atomic E-state index is -3.99. The molecule has 1 amide bonds. The number of nitrogens with zero attached hydrogens (tertiary/aromatic N) is 5. The molecule has 1 saturated heterocycles. The number of hydrogen-bond acceptors (Lipinski definition) is 9. The summed E-state index contributed by atoms with van der Waals surface area (Å²) in [5.74, 6) is -0.302. The molecule has 1 atom stereocenters. The smallest absolute Gasteiger partial charge is 0.253 e. The fraction of sp³-hybridized carbons (Fsp3) is 0.273. The lowest BCUT2D eigenvalue weighted by atomic mass is 10.1. The first kappa shape index (κ1) is 24.9. The topological polar surface area (TPSA) is 141 Å². The first-order chi connectivity index (χ1) is 16.5. The highest BCUT2D eigenvalue weighted by Crippen LogP contribution is 2.33. The molecule has 0 saturated carbocycles. The van der Waals surface area contributed by atoms with Crippen LogP contribution in [0.2, 0.25) is 0 Å². The Labute approximate surface area is 207 Å². The van der Waals surface area contributed by atoms with Crippen LogP contribution in [0.1, 0.15) is 17.5 Å². The molecule has 2 aromatic heterocycles. The standard InChI is InChI=1S/C22H21N5O5S3/c1-26(18-9-11-27(21(18)28)14-16-5-3-4-15(12-16)13-23)35(31,32)20-7-6-19(33-20)17-8-10-24-22(25-17)34(2,29)30/h3-8,10,12,18H,9,11,14H2,1-2H3/t18-/m0/s1. The lowest BCUT2D eigenvalue weighted by Gasteiger charge is -2.23. The number of rotatable bonds is 7. The van der Waals surface area contributed by atoms with Gasteiger partial charge in [-0.05, 0) is 42.3 Å². The van der Waals surface area contributed by atoms with Crippen LogP contribution >= 0.6 is 11.3 Å². The van der Waals surface area contributed by atoms with Crippen LogP contribution in [-0.2, 0) is 31.2 Å². The van der Waals surface area contributed by atoms with E-state index >= 15 is 0 Å². The predicted octanol–water partition coefficient (Wildman–Crippen LogP) is 1.90. The molecule has 0 aliphatic carbocycles. The van der Waals surface area contributed by atoms with Gasteiger partial charge in [0.25, 0.3) is 10.0 Å². The van der Waals surface area contributed by atoms with E-state index in [-0.39, 0.29) is 27.5 Å². The molecule has 0 N–H and O–H groups in total. The summed E-state index contributed by atoms with van der Waals surface area (Å²) in [5.41, 5.74) is 1.58. The zero-order chi connectivity index (χ0) is 25.4. The van der Waals surface area contributed by atoms with Crippen LogP contribution in [0.15, 0.2) is 58.0 Å². The van der Waals surface area contributed by atoms with E-state index in [0.29, 0.717) is 23.4 Å². The number of aromatic nitrogens is 2. The number of likely N-dealkylation sites (tertiary alicyclic amines) is 1. The molecule has 182 valence electrons. The van der Waals surface area contributed by atoms with Crippen molar-refractivity contribution in [2.45, 2.75) is 28.4 Å². The zero-order valence-corrected chi connectivity index (χ0v) is 21.3. The maximum Gasteiger partial charge on any atom is 0.253 e. The number of likely N-dealkylation sites (N-methyl/N-ethyl adjacent to an activating group) is 1. The van der Waals surface area contributed by atoms with Crippen LogP contribution in [-0.4, -0.2) is 67.8 Å². The molecular weight excluding hydrogens is 510 g/mol. The largest absolute Gasteiger partial charge is 0.337 e. The van der Waals surface area contributed by atoms with E-state index < -0.39 is 25.9 Å². The van der Waals surface area contributed by atoms with Crippen LogP contribution in [0.25, 0.3) is 10.6 Å². The van der Waals surface area contributed by atoms with Crippen LogP contribution in [0.3, 0.4) is 0 Å². The summed E-state index contributed by atoms with van der Waals surface area (Å²) in [6.45, 7) is 0.684.